The van der Waals surface area contributed by atoms with Gasteiger partial charge >= 0.3 is 0 Å². The molecule has 0 fully saturated rings. The molecule has 7 rings (SSSR count). The first kappa shape index (κ1) is 27.6. The maximum absolute atomic E-state index is 2.50. The third kappa shape index (κ3) is 4.32. The number of rotatable bonds is 5. The minimum Gasteiger partial charge on any atom is -0.345 e. The van der Waals surface area contributed by atoms with Gasteiger partial charge in [0.05, 0.1) is 11.0 Å². The van der Waals surface area contributed by atoms with Crippen molar-refractivity contribution < 1.29 is 0 Å². The first-order valence-corrected chi connectivity index (χ1v) is 15.9. The lowest BCUT2D eigenvalue weighted by Crippen LogP contribution is -2.59. The van der Waals surface area contributed by atoms with Crippen molar-refractivity contribution in [1.82, 2.24) is 4.57 Å². The average Bonchev–Trinajstić information content (AvgIpc) is 3.35. The van der Waals surface area contributed by atoms with Crippen molar-refractivity contribution in [3.63, 3.8) is 0 Å². The van der Waals surface area contributed by atoms with Crippen LogP contribution in [0.15, 0.2) is 103 Å². The van der Waals surface area contributed by atoms with Crippen LogP contribution in [0.1, 0.15) is 76.0 Å². The van der Waals surface area contributed by atoms with Gasteiger partial charge in [0.15, 0.2) is 0 Å². The van der Waals surface area contributed by atoms with E-state index in [0.717, 1.165) is 0 Å². The van der Waals surface area contributed by atoms with Gasteiger partial charge < -0.3 is 9.47 Å². The first-order chi connectivity index (χ1) is 20.8. The molecule has 0 N–H and O–H groups in total. The third-order valence-corrected chi connectivity index (χ3v) is 9.60. The summed E-state index contributed by atoms with van der Waals surface area (Å²) in [6.45, 7) is 14.3. The van der Waals surface area contributed by atoms with Crippen LogP contribution in [-0.2, 0) is 0 Å². The molecule has 0 unspecified atom stereocenters. The normalized spacial score (nSPS) is 13.1. The number of benzene rings is 5. The van der Waals surface area contributed by atoms with E-state index >= 15 is 0 Å². The average molecular weight is 561 g/mol. The number of para-hydroxylation sites is 3. The number of hydrogen-bond donors (Lipinski definition) is 0. The molecule has 2 heterocycles. The van der Waals surface area contributed by atoms with Gasteiger partial charge in [-0.05, 0) is 75.7 Å². The summed E-state index contributed by atoms with van der Waals surface area (Å²) in [5.74, 6) is 1.35. The van der Waals surface area contributed by atoms with Crippen molar-refractivity contribution in [3.8, 4) is 5.69 Å². The monoisotopic (exact) mass is 560 g/mol. The summed E-state index contributed by atoms with van der Waals surface area (Å²) in [5.41, 5.74) is 14.9. The fourth-order valence-corrected chi connectivity index (χ4v) is 7.40. The zero-order chi connectivity index (χ0) is 30.0. The van der Waals surface area contributed by atoms with Crippen LogP contribution < -0.4 is 21.3 Å². The van der Waals surface area contributed by atoms with Crippen molar-refractivity contribution >= 4 is 56.3 Å². The van der Waals surface area contributed by atoms with E-state index in [-0.39, 0.29) is 6.71 Å². The minimum atomic E-state index is 0.172. The lowest BCUT2D eigenvalue weighted by atomic mass is 9.33. The standard InChI is InChI=1S/C40H41BN2/c1-25(2)28-22-32(26(3)4)40(33(23-28)27(5)6)41-34-16-10-13-19-38(34)42(7)39-24-29(20-21-35(39)41)43-36-17-11-8-14-30(36)31-15-9-12-18-37(31)43/h8-27H,1-7H3. The third-order valence-electron chi connectivity index (χ3n) is 9.60. The highest BCUT2D eigenvalue weighted by molar-refractivity contribution is 6.98. The van der Waals surface area contributed by atoms with Crippen molar-refractivity contribution in [3.05, 3.63) is 120 Å². The molecule has 0 spiro atoms. The van der Waals surface area contributed by atoms with Crippen molar-refractivity contribution in [2.24, 2.45) is 0 Å². The van der Waals surface area contributed by atoms with E-state index in [9.17, 15) is 0 Å². The van der Waals surface area contributed by atoms with E-state index < -0.39 is 0 Å². The van der Waals surface area contributed by atoms with E-state index in [1.807, 2.05) is 0 Å². The second-order valence-electron chi connectivity index (χ2n) is 13.2. The van der Waals surface area contributed by atoms with Crippen LogP contribution in [-0.4, -0.2) is 18.3 Å². The first-order valence-electron chi connectivity index (χ1n) is 15.9. The Morgan fingerprint density at radius 2 is 1.07 bits per heavy atom. The smallest absolute Gasteiger partial charge is 0.247 e. The number of aromatic nitrogens is 1. The quantitative estimate of drug-likeness (QED) is 0.191. The van der Waals surface area contributed by atoms with Crippen LogP contribution >= 0.6 is 0 Å². The second kappa shape index (κ2) is 10.5. The Balaban J connectivity index is 1.52. The lowest BCUT2D eigenvalue weighted by molar-refractivity contribution is 0.812. The topological polar surface area (TPSA) is 8.17 Å². The summed E-state index contributed by atoms with van der Waals surface area (Å²) >= 11 is 0. The lowest BCUT2D eigenvalue weighted by Gasteiger charge is -2.37. The van der Waals surface area contributed by atoms with E-state index in [4.69, 9.17) is 0 Å². The summed E-state index contributed by atoms with van der Waals surface area (Å²) in [5, 5.41) is 2.58. The second-order valence-corrected chi connectivity index (χ2v) is 13.2. The largest absolute Gasteiger partial charge is 0.345 e. The van der Waals surface area contributed by atoms with Crippen LogP contribution in [0, 0.1) is 0 Å². The Kier molecular flexibility index (Phi) is 6.73. The number of fused-ring (bicyclic) bond motifs is 5. The van der Waals surface area contributed by atoms with Gasteiger partial charge in [-0.3, -0.25) is 0 Å². The van der Waals surface area contributed by atoms with E-state index in [1.54, 1.807) is 0 Å². The van der Waals surface area contributed by atoms with Gasteiger partial charge in [0.25, 0.3) is 0 Å². The summed E-state index contributed by atoms with van der Waals surface area (Å²) in [6.07, 6.45) is 0. The van der Waals surface area contributed by atoms with Crippen LogP contribution in [0.4, 0.5) is 11.4 Å². The fourth-order valence-electron chi connectivity index (χ4n) is 7.40. The Bertz CT molecular complexity index is 1910. The summed E-state index contributed by atoms with van der Waals surface area (Å²) in [4.78, 5) is 2.41. The number of nitrogens with zero attached hydrogens (tertiary/aromatic N) is 2. The highest BCUT2D eigenvalue weighted by Crippen LogP contribution is 2.35. The predicted molar refractivity (Wildman–Crippen MR) is 189 cm³/mol. The Hall–Kier alpha value is -4.24. The molecule has 3 heteroatoms. The minimum absolute atomic E-state index is 0.172. The van der Waals surface area contributed by atoms with Gasteiger partial charge in [-0.1, -0.05) is 120 Å². The Morgan fingerprint density at radius 1 is 0.535 bits per heavy atom. The molecule has 43 heavy (non-hydrogen) atoms. The molecule has 1 aromatic heterocycles. The molecule has 6 aromatic rings. The van der Waals surface area contributed by atoms with Crippen molar-refractivity contribution in [2.45, 2.75) is 59.3 Å². The molecular weight excluding hydrogens is 519 g/mol. The molecule has 214 valence electrons. The molecule has 5 aromatic carbocycles. The molecule has 0 saturated carbocycles. The van der Waals surface area contributed by atoms with Gasteiger partial charge in [-0.2, -0.15) is 0 Å². The fraction of sp³-hybridized carbons (Fsp3) is 0.250. The molecule has 0 radical (unpaired) electrons. The molecular formula is C40H41BN2. The molecule has 1 aliphatic heterocycles. The van der Waals surface area contributed by atoms with Gasteiger partial charge in [-0.25, -0.2) is 0 Å². The molecule has 0 bridgehead atoms. The molecule has 0 amide bonds. The molecule has 0 atom stereocenters. The molecule has 2 nitrogen and oxygen atoms in total. The molecule has 1 aliphatic rings. The van der Waals surface area contributed by atoms with E-state index in [0.29, 0.717) is 17.8 Å². The maximum Gasteiger partial charge on any atom is 0.247 e. The Morgan fingerprint density at radius 3 is 1.65 bits per heavy atom. The number of hydrogen-bond acceptors (Lipinski definition) is 1. The summed E-state index contributed by atoms with van der Waals surface area (Å²) < 4.78 is 2.44. The zero-order valence-corrected chi connectivity index (χ0v) is 26.5. The predicted octanol–water partition coefficient (Wildman–Crippen LogP) is 8.75. The van der Waals surface area contributed by atoms with Crippen LogP contribution in [0.5, 0.6) is 0 Å². The van der Waals surface area contributed by atoms with Crippen LogP contribution in [0.2, 0.25) is 0 Å². The highest BCUT2D eigenvalue weighted by Gasteiger charge is 2.37. The highest BCUT2D eigenvalue weighted by atomic mass is 15.1. The summed E-state index contributed by atoms with van der Waals surface area (Å²) in [6, 6.07) is 38.8. The SMILES string of the molecule is CC(C)c1cc(C(C)C)c(B2c3ccccc3N(C)c3cc(-n4c5ccccc5c5ccccc54)ccc32)c(C(C)C)c1. The Labute approximate surface area is 257 Å². The molecule has 0 aliphatic carbocycles. The van der Waals surface area contributed by atoms with Gasteiger partial charge in [-0.15, -0.1) is 0 Å². The van der Waals surface area contributed by atoms with Crippen LogP contribution in [0.3, 0.4) is 0 Å². The van der Waals surface area contributed by atoms with Crippen molar-refractivity contribution in [2.75, 3.05) is 11.9 Å². The zero-order valence-electron chi connectivity index (χ0n) is 26.5. The van der Waals surface area contributed by atoms with Crippen molar-refractivity contribution in [1.29, 1.82) is 0 Å². The summed E-state index contributed by atoms with van der Waals surface area (Å²) in [7, 11) is 2.23. The maximum atomic E-state index is 2.50. The number of anilines is 2. The van der Waals surface area contributed by atoms with Crippen LogP contribution in [0.25, 0.3) is 27.5 Å². The van der Waals surface area contributed by atoms with E-state index in [1.165, 1.54) is 71.9 Å². The van der Waals surface area contributed by atoms with E-state index in [2.05, 4.69) is 161 Å². The van der Waals surface area contributed by atoms with Gasteiger partial charge in [0.1, 0.15) is 0 Å². The van der Waals surface area contributed by atoms with Gasteiger partial charge in [0.2, 0.25) is 6.71 Å². The molecule has 0 saturated heterocycles. The van der Waals surface area contributed by atoms with Gasteiger partial charge in [0, 0.05) is 34.9 Å².